The van der Waals surface area contributed by atoms with E-state index in [4.69, 9.17) is 4.74 Å². The molecule has 0 spiro atoms. The van der Waals surface area contributed by atoms with Crippen LogP contribution in [-0.4, -0.2) is 41.3 Å². The van der Waals surface area contributed by atoms with E-state index in [-0.39, 0.29) is 24.3 Å². The van der Waals surface area contributed by atoms with Gasteiger partial charge in [-0.1, -0.05) is 48.5 Å². The van der Waals surface area contributed by atoms with Crippen molar-refractivity contribution in [3.63, 3.8) is 0 Å². The maximum absolute atomic E-state index is 13.2. The van der Waals surface area contributed by atoms with Crippen molar-refractivity contribution in [1.82, 2.24) is 9.88 Å². The third-order valence-corrected chi connectivity index (χ3v) is 5.50. The van der Waals surface area contributed by atoms with E-state index in [2.05, 4.69) is 10.3 Å². The van der Waals surface area contributed by atoms with Crippen LogP contribution >= 0.6 is 0 Å². The number of fused-ring (bicyclic) bond motifs is 4. The number of imide groups is 1. The number of amides is 3. The molecule has 0 saturated carbocycles. The van der Waals surface area contributed by atoms with Gasteiger partial charge in [0, 0.05) is 18.2 Å². The highest BCUT2D eigenvalue weighted by Crippen LogP contribution is 2.32. The number of carbonyl (C=O) groups excluding carboxylic acids is 3. The smallest absolute Gasteiger partial charge is 0.264 e. The van der Waals surface area contributed by atoms with Gasteiger partial charge in [0.05, 0.1) is 28.9 Å². The Kier molecular flexibility index (Phi) is 4.88. The molecule has 0 unspecified atom stereocenters. The first-order valence-corrected chi connectivity index (χ1v) is 10.1. The highest BCUT2D eigenvalue weighted by Gasteiger charge is 2.40. The standard InChI is InChI=1S/C25H19N3O4/c1-32-14-20-23-22(18-8-4-5-9-19(18)27-20)24(30)28(25(23)31)13-21(29)26-17-11-10-15-6-2-3-7-16(15)12-17/h2-12H,13-14H2,1H3,(H,26,29). The lowest BCUT2D eigenvalue weighted by Gasteiger charge is -2.14. The van der Waals surface area contributed by atoms with Crippen LogP contribution in [0.3, 0.4) is 0 Å². The van der Waals surface area contributed by atoms with Gasteiger partial charge in [0.1, 0.15) is 6.54 Å². The number of pyridine rings is 1. The molecule has 0 aliphatic carbocycles. The SMILES string of the molecule is COCc1nc2ccccc2c2c1C(=O)N(CC(=O)Nc1ccc3ccccc3c1)C2=O. The second-order valence-corrected chi connectivity index (χ2v) is 7.57. The summed E-state index contributed by atoms with van der Waals surface area (Å²) in [5.41, 5.74) is 2.05. The summed E-state index contributed by atoms with van der Waals surface area (Å²) in [4.78, 5) is 44.5. The molecule has 32 heavy (non-hydrogen) atoms. The van der Waals surface area contributed by atoms with E-state index in [1.807, 2.05) is 42.5 Å². The number of carbonyl (C=O) groups is 3. The topological polar surface area (TPSA) is 88.6 Å². The first-order chi connectivity index (χ1) is 15.6. The molecule has 3 aromatic carbocycles. The zero-order valence-corrected chi connectivity index (χ0v) is 17.3. The maximum atomic E-state index is 13.2. The number of rotatable bonds is 5. The second-order valence-electron chi connectivity index (χ2n) is 7.57. The van der Waals surface area contributed by atoms with E-state index in [9.17, 15) is 14.4 Å². The maximum Gasteiger partial charge on any atom is 0.264 e. The molecule has 158 valence electrons. The van der Waals surface area contributed by atoms with Crippen LogP contribution in [0.2, 0.25) is 0 Å². The summed E-state index contributed by atoms with van der Waals surface area (Å²) >= 11 is 0. The molecule has 5 rings (SSSR count). The van der Waals surface area contributed by atoms with Gasteiger partial charge in [0.25, 0.3) is 11.8 Å². The van der Waals surface area contributed by atoms with Gasteiger partial charge in [-0.25, -0.2) is 4.98 Å². The van der Waals surface area contributed by atoms with Crippen molar-refractivity contribution in [2.75, 3.05) is 19.0 Å². The quantitative estimate of drug-likeness (QED) is 0.492. The summed E-state index contributed by atoms with van der Waals surface area (Å²) in [6.45, 7) is -0.302. The fourth-order valence-corrected chi connectivity index (χ4v) is 4.07. The first-order valence-electron chi connectivity index (χ1n) is 10.1. The Labute approximate surface area is 183 Å². The Balaban J connectivity index is 1.44. The number of aromatic nitrogens is 1. The molecule has 0 saturated heterocycles. The average Bonchev–Trinajstić information content (AvgIpc) is 3.05. The number of nitrogens with zero attached hydrogens (tertiary/aromatic N) is 2. The van der Waals surface area contributed by atoms with E-state index >= 15 is 0 Å². The van der Waals surface area contributed by atoms with Gasteiger partial charge in [-0.05, 0) is 29.0 Å². The number of ether oxygens (including phenoxy) is 1. The first kappa shape index (κ1) is 19.8. The lowest BCUT2D eigenvalue weighted by molar-refractivity contribution is -0.116. The van der Waals surface area contributed by atoms with Crippen molar-refractivity contribution >= 4 is 45.1 Å². The molecular formula is C25H19N3O4. The Morgan fingerprint density at radius 3 is 2.47 bits per heavy atom. The fraction of sp³-hybridized carbons (Fsp3) is 0.120. The number of anilines is 1. The lowest BCUT2D eigenvalue weighted by atomic mass is 10.0. The summed E-state index contributed by atoms with van der Waals surface area (Å²) in [5, 5.41) is 5.39. The Morgan fingerprint density at radius 1 is 0.938 bits per heavy atom. The third kappa shape index (κ3) is 3.29. The minimum Gasteiger partial charge on any atom is -0.378 e. The van der Waals surface area contributed by atoms with Crippen molar-refractivity contribution < 1.29 is 19.1 Å². The highest BCUT2D eigenvalue weighted by molar-refractivity contribution is 6.27. The molecule has 0 radical (unpaired) electrons. The lowest BCUT2D eigenvalue weighted by Crippen LogP contribution is -2.37. The molecule has 7 nitrogen and oxygen atoms in total. The van der Waals surface area contributed by atoms with Crippen LogP contribution in [-0.2, 0) is 16.1 Å². The van der Waals surface area contributed by atoms with E-state index in [1.54, 1.807) is 24.3 Å². The fourth-order valence-electron chi connectivity index (χ4n) is 4.07. The third-order valence-electron chi connectivity index (χ3n) is 5.50. The van der Waals surface area contributed by atoms with Crippen LogP contribution in [0, 0.1) is 0 Å². The number of para-hydroxylation sites is 1. The van der Waals surface area contributed by atoms with Crippen LogP contribution in [0.15, 0.2) is 66.7 Å². The molecule has 0 fully saturated rings. The van der Waals surface area contributed by atoms with Gasteiger partial charge in [-0.15, -0.1) is 0 Å². The summed E-state index contributed by atoms with van der Waals surface area (Å²) in [6.07, 6.45) is 0. The molecule has 1 aromatic heterocycles. The number of nitrogens with one attached hydrogen (secondary N) is 1. The van der Waals surface area contributed by atoms with Gasteiger partial charge >= 0.3 is 0 Å². The Bertz CT molecular complexity index is 1410. The molecule has 7 heteroatoms. The molecular weight excluding hydrogens is 406 g/mol. The van der Waals surface area contributed by atoms with Crippen molar-refractivity contribution in [1.29, 1.82) is 0 Å². The number of hydrogen-bond acceptors (Lipinski definition) is 5. The number of benzene rings is 3. The van der Waals surface area contributed by atoms with Crippen molar-refractivity contribution in [2.45, 2.75) is 6.61 Å². The average molecular weight is 425 g/mol. The highest BCUT2D eigenvalue weighted by atomic mass is 16.5. The summed E-state index contributed by atoms with van der Waals surface area (Å²) in [6, 6.07) is 20.5. The predicted molar refractivity (Wildman–Crippen MR) is 120 cm³/mol. The van der Waals surface area contributed by atoms with E-state index in [1.165, 1.54) is 7.11 Å². The van der Waals surface area contributed by atoms with Gasteiger partial charge in [0.2, 0.25) is 5.91 Å². The van der Waals surface area contributed by atoms with Crippen molar-refractivity contribution in [3.05, 3.63) is 83.6 Å². The molecule has 3 amide bonds. The molecule has 2 heterocycles. The van der Waals surface area contributed by atoms with Gasteiger partial charge in [-0.3, -0.25) is 19.3 Å². The molecule has 0 atom stereocenters. The zero-order chi connectivity index (χ0) is 22.2. The molecule has 0 bridgehead atoms. The normalized spacial score (nSPS) is 13.1. The number of methoxy groups -OCH3 is 1. The van der Waals surface area contributed by atoms with Crippen molar-refractivity contribution in [3.8, 4) is 0 Å². The second kappa shape index (κ2) is 7.86. The summed E-state index contributed by atoms with van der Waals surface area (Å²) in [5.74, 6) is -1.50. The predicted octanol–water partition coefficient (Wildman–Crippen LogP) is 3.77. The van der Waals surface area contributed by atoms with Crippen LogP contribution in [0.5, 0.6) is 0 Å². The number of hydrogen-bond donors (Lipinski definition) is 1. The Hall–Kier alpha value is -4.10. The van der Waals surface area contributed by atoms with Crippen molar-refractivity contribution in [2.24, 2.45) is 0 Å². The van der Waals surface area contributed by atoms with E-state index < -0.39 is 17.7 Å². The van der Waals surface area contributed by atoms with E-state index in [0.717, 1.165) is 15.7 Å². The van der Waals surface area contributed by atoms with Crippen LogP contribution in [0.1, 0.15) is 26.4 Å². The molecule has 4 aromatic rings. The van der Waals surface area contributed by atoms with Crippen LogP contribution in [0.25, 0.3) is 21.7 Å². The molecule has 1 aliphatic rings. The van der Waals surface area contributed by atoms with Crippen LogP contribution in [0.4, 0.5) is 5.69 Å². The van der Waals surface area contributed by atoms with Gasteiger partial charge < -0.3 is 10.1 Å². The van der Waals surface area contributed by atoms with Crippen LogP contribution < -0.4 is 5.32 Å². The molecule has 1 N–H and O–H groups in total. The summed E-state index contributed by atoms with van der Waals surface area (Å²) < 4.78 is 5.19. The Morgan fingerprint density at radius 2 is 1.66 bits per heavy atom. The summed E-state index contributed by atoms with van der Waals surface area (Å²) in [7, 11) is 1.50. The monoisotopic (exact) mass is 425 g/mol. The van der Waals surface area contributed by atoms with Gasteiger partial charge in [0.15, 0.2) is 0 Å². The largest absolute Gasteiger partial charge is 0.378 e. The van der Waals surface area contributed by atoms with E-state index in [0.29, 0.717) is 22.3 Å². The molecule has 1 aliphatic heterocycles. The minimum absolute atomic E-state index is 0.0866. The zero-order valence-electron chi connectivity index (χ0n) is 17.3. The van der Waals surface area contributed by atoms with Gasteiger partial charge in [-0.2, -0.15) is 0 Å². The minimum atomic E-state index is -0.538.